The van der Waals surface area contributed by atoms with Crippen LogP contribution in [0.25, 0.3) is 0 Å². The molecule has 20 heavy (non-hydrogen) atoms. The summed E-state index contributed by atoms with van der Waals surface area (Å²) in [7, 11) is 0. The molecule has 0 aliphatic heterocycles. The summed E-state index contributed by atoms with van der Waals surface area (Å²) in [5, 5.41) is 4.77. The zero-order valence-corrected chi connectivity index (χ0v) is 12.3. The Bertz CT molecular complexity index is 672. The smallest absolute Gasteiger partial charge is 0.267 e. The molecule has 1 amide bonds. The molecule has 1 aromatic heterocycles. The lowest BCUT2D eigenvalue weighted by Crippen LogP contribution is -2.11. The summed E-state index contributed by atoms with van der Waals surface area (Å²) in [6.45, 7) is 4.30. The van der Waals surface area contributed by atoms with Gasteiger partial charge in [-0.1, -0.05) is 17.9 Å². The van der Waals surface area contributed by atoms with Crippen LogP contribution in [-0.4, -0.2) is 12.5 Å². The fourth-order valence-corrected chi connectivity index (χ4v) is 2.71. The van der Waals surface area contributed by atoms with Gasteiger partial charge in [0.25, 0.3) is 5.91 Å². The Hall–Kier alpha value is -2.09. The molecule has 0 saturated heterocycles. The van der Waals surface area contributed by atoms with Gasteiger partial charge in [0.15, 0.2) is 0 Å². The molecule has 1 heterocycles. The average Bonchev–Trinajstić information content (AvgIpc) is 2.83. The lowest BCUT2D eigenvalue weighted by Gasteiger charge is -2.06. The maximum atomic E-state index is 12.3. The van der Waals surface area contributed by atoms with E-state index in [-0.39, 0.29) is 12.5 Å². The number of carbonyl (C=O) groups excluding carboxylic acids is 1. The molecule has 0 saturated carbocycles. The number of thiophene rings is 1. The van der Waals surface area contributed by atoms with E-state index in [1.54, 1.807) is 0 Å². The molecule has 2 rings (SSSR count). The van der Waals surface area contributed by atoms with Crippen LogP contribution in [0.3, 0.4) is 0 Å². The van der Waals surface area contributed by atoms with Crippen molar-refractivity contribution in [3.63, 3.8) is 0 Å². The maximum Gasteiger partial charge on any atom is 0.267 e. The highest BCUT2D eigenvalue weighted by molar-refractivity contribution is 7.12. The van der Waals surface area contributed by atoms with Crippen molar-refractivity contribution in [3.8, 4) is 11.8 Å². The first-order valence-electron chi connectivity index (χ1n) is 6.26. The summed E-state index contributed by atoms with van der Waals surface area (Å²) in [5.74, 6) is 5.56. The molecule has 0 spiro atoms. The van der Waals surface area contributed by atoms with Gasteiger partial charge in [0.05, 0.1) is 6.54 Å². The van der Waals surface area contributed by atoms with Crippen molar-refractivity contribution < 1.29 is 4.79 Å². The van der Waals surface area contributed by atoms with E-state index in [1.807, 2.05) is 37.4 Å². The molecule has 0 radical (unpaired) electrons. The molecule has 0 unspecified atom stereocenters. The lowest BCUT2D eigenvalue weighted by molar-refractivity contribution is 0.103. The van der Waals surface area contributed by atoms with Crippen LogP contribution in [0.1, 0.15) is 26.4 Å². The van der Waals surface area contributed by atoms with E-state index in [2.05, 4.69) is 23.2 Å². The van der Waals surface area contributed by atoms with Gasteiger partial charge in [0, 0.05) is 11.3 Å². The second-order valence-corrected chi connectivity index (χ2v) is 5.42. The third kappa shape index (κ3) is 3.47. The fourth-order valence-electron chi connectivity index (χ4n) is 1.96. The number of amides is 1. The highest BCUT2D eigenvalue weighted by Crippen LogP contribution is 2.19. The molecule has 4 heteroatoms. The number of nitrogens with one attached hydrogen (secondary N) is 1. The number of rotatable bonds is 2. The van der Waals surface area contributed by atoms with E-state index in [1.165, 1.54) is 11.3 Å². The van der Waals surface area contributed by atoms with E-state index >= 15 is 0 Å². The van der Waals surface area contributed by atoms with Crippen LogP contribution >= 0.6 is 11.3 Å². The van der Waals surface area contributed by atoms with Crippen molar-refractivity contribution in [2.45, 2.75) is 13.8 Å². The maximum absolute atomic E-state index is 12.3. The van der Waals surface area contributed by atoms with Crippen molar-refractivity contribution in [1.29, 1.82) is 0 Å². The van der Waals surface area contributed by atoms with Crippen molar-refractivity contribution in [1.82, 2.24) is 0 Å². The highest BCUT2D eigenvalue weighted by atomic mass is 32.1. The van der Waals surface area contributed by atoms with Gasteiger partial charge in [-0.05, 0) is 48.6 Å². The Labute approximate surface area is 122 Å². The van der Waals surface area contributed by atoms with Crippen molar-refractivity contribution in [2.24, 2.45) is 5.73 Å². The Morgan fingerprint density at radius 1 is 1.30 bits per heavy atom. The summed E-state index contributed by atoms with van der Waals surface area (Å²) in [5.41, 5.74) is 9.13. The second kappa shape index (κ2) is 6.38. The zero-order chi connectivity index (χ0) is 14.5. The van der Waals surface area contributed by atoms with Crippen LogP contribution in [0.2, 0.25) is 0 Å². The third-order valence-corrected chi connectivity index (χ3v) is 3.59. The SMILES string of the molecule is Cc1cc(C)cc(NC(=O)c2sccc2C#CCN)c1. The normalized spacial score (nSPS) is 9.75. The molecule has 0 bridgehead atoms. The number of nitrogens with two attached hydrogens (primary N) is 1. The number of hydrogen-bond donors (Lipinski definition) is 2. The molecule has 2 aromatic rings. The first-order chi connectivity index (χ1) is 9.60. The molecule has 0 atom stereocenters. The first-order valence-corrected chi connectivity index (χ1v) is 7.14. The summed E-state index contributed by atoms with van der Waals surface area (Å²) >= 11 is 1.38. The first kappa shape index (κ1) is 14.3. The second-order valence-electron chi connectivity index (χ2n) is 4.50. The number of benzene rings is 1. The molecule has 0 aliphatic rings. The molecule has 1 aromatic carbocycles. The quantitative estimate of drug-likeness (QED) is 0.833. The van der Waals surface area contributed by atoms with E-state index in [4.69, 9.17) is 5.73 Å². The van der Waals surface area contributed by atoms with Crippen molar-refractivity contribution in [3.05, 3.63) is 51.2 Å². The standard InChI is InChI=1S/C16H16N2OS/c1-11-8-12(2)10-14(9-11)18-16(19)15-13(4-3-6-17)5-7-20-15/h5,7-10H,6,17H2,1-2H3,(H,18,19). The minimum absolute atomic E-state index is 0.133. The number of carbonyl (C=O) groups is 1. The van der Waals surface area contributed by atoms with Gasteiger partial charge < -0.3 is 11.1 Å². The number of anilines is 1. The summed E-state index contributed by atoms with van der Waals surface area (Å²) in [6.07, 6.45) is 0. The van der Waals surface area contributed by atoms with Crippen LogP contribution in [-0.2, 0) is 0 Å². The van der Waals surface area contributed by atoms with Gasteiger partial charge in [-0.15, -0.1) is 11.3 Å². The number of hydrogen-bond acceptors (Lipinski definition) is 3. The Morgan fingerprint density at radius 3 is 2.65 bits per heavy atom. The fraction of sp³-hybridized carbons (Fsp3) is 0.188. The minimum Gasteiger partial charge on any atom is -0.321 e. The Morgan fingerprint density at radius 2 is 2.00 bits per heavy atom. The van der Waals surface area contributed by atoms with Crippen molar-refractivity contribution in [2.75, 3.05) is 11.9 Å². The lowest BCUT2D eigenvalue weighted by atomic mass is 10.1. The van der Waals surface area contributed by atoms with Gasteiger partial charge in [-0.25, -0.2) is 0 Å². The Kier molecular flexibility index (Phi) is 4.57. The zero-order valence-electron chi connectivity index (χ0n) is 11.5. The van der Waals surface area contributed by atoms with Gasteiger partial charge in [-0.3, -0.25) is 4.79 Å². The van der Waals surface area contributed by atoms with E-state index in [9.17, 15) is 4.79 Å². The van der Waals surface area contributed by atoms with Crippen LogP contribution in [0.4, 0.5) is 5.69 Å². The summed E-state index contributed by atoms with van der Waals surface area (Å²) < 4.78 is 0. The molecule has 0 fully saturated rings. The Balaban J connectivity index is 2.22. The molecular formula is C16H16N2OS. The van der Waals surface area contributed by atoms with Crippen LogP contribution < -0.4 is 11.1 Å². The van der Waals surface area contributed by atoms with E-state index in [0.717, 1.165) is 22.4 Å². The molecule has 3 nitrogen and oxygen atoms in total. The van der Waals surface area contributed by atoms with Gasteiger partial charge in [-0.2, -0.15) is 0 Å². The molecular weight excluding hydrogens is 268 g/mol. The van der Waals surface area contributed by atoms with E-state index in [0.29, 0.717) is 4.88 Å². The third-order valence-electron chi connectivity index (χ3n) is 2.68. The van der Waals surface area contributed by atoms with Crippen LogP contribution in [0, 0.1) is 25.7 Å². The minimum atomic E-state index is -0.133. The molecule has 102 valence electrons. The van der Waals surface area contributed by atoms with Gasteiger partial charge in [0.1, 0.15) is 4.88 Å². The number of aryl methyl sites for hydroxylation is 2. The van der Waals surface area contributed by atoms with Crippen molar-refractivity contribution >= 4 is 22.9 Å². The summed E-state index contributed by atoms with van der Waals surface area (Å²) in [6, 6.07) is 7.80. The van der Waals surface area contributed by atoms with E-state index < -0.39 is 0 Å². The topological polar surface area (TPSA) is 55.1 Å². The predicted molar refractivity (Wildman–Crippen MR) is 84.1 cm³/mol. The monoisotopic (exact) mass is 284 g/mol. The van der Waals surface area contributed by atoms with Crippen LogP contribution in [0.5, 0.6) is 0 Å². The molecule has 0 aliphatic carbocycles. The average molecular weight is 284 g/mol. The highest BCUT2D eigenvalue weighted by Gasteiger charge is 2.12. The predicted octanol–water partition coefficient (Wildman–Crippen LogP) is 2.93. The molecule has 3 N–H and O–H groups in total. The van der Waals surface area contributed by atoms with Crippen LogP contribution in [0.15, 0.2) is 29.6 Å². The summed E-state index contributed by atoms with van der Waals surface area (Å²) in [4.78, 5) is 12.9. The largest absolute Gasteiger partial charge is 0.321 e. The van der Waals surface area contributed by atoms with Gasteiger partial charge in [0.2, 0.25) is 0 Å². The van der Waals surface area contributed by atoms with Gasteiger partial charge >= 0.3 is 0 Å².